The minimum absolute atomic E-state index is 0.900. The molecule has 0 unspecified atom stereocenters. The lowest BCUT2D eigenvalue weighted by molar-refractivity contribution is 0.625. The molecule has 0 atom stereocenters. The first-order valence-electron chi connectivity index (χ1n) is 6.55. The van der Waals surface area contributed by atoms with E-state index in [9.17, 15) is 0 Å². The van der Waals surface area contributed by atoms with Crippen molar-refractivity contribution in [3.8, 4) is 0 Å². The highest BCUT2D eigenvalue weighted by molar-refractivity contribution is 5.76. The molecule has 0 aliphatic carbocycles. The van der Waals surface area contributed by atoms with Crippen LogP contribution in [-0.2, 0) is 13.6 Å². The second-order valence-corrected chi connectivity index (χ2v) is 4.57. The third kappa shape index (κ3) is 2.89. The molecule has 0 saturated carbocycles. The molecule has 0 spiro atoms. The summed E-state index contributed by atoms with van der Waals surface area (Å²) in [5, 5.41) is 6.72. The zero-order chi connectivity index (χ0) is 13.0. The van der Waals surface area contributed by atoms with Gasteiger partial charge in [-0.15, -0.1) is 0 Å². The highest BCUT2D eigenvalue weighted by Crippen LogP contribution is 2.16. The van der Waals surface area contributed by atoms with E-state index < -0.39 is 0 Å². The van der Waals surface area contributed by atoms with Gasteiger partial charge >= 0.3 is 0 Å². The van der Waals surface area contributed by atoms with E-state index in [1.807, 2.05) is 6.92 Å². The van der Waals surface area contributed by atoms with Crippen molar-refractivity contribution in [2.75, 3.05) is 19.6 Å². The van der Waals surface area contributed by atoms with E-state index >= 15 is 0 Å². The average Bonchev–Trinajstić information content (AvgIpc) is 2.65. The molecule has 0 amide bonds. The summed E-state index contributed by atoms with van der Waals surface area (Å²) >= 11 is 0. The summed E-state index contributed by atoms with van der Waals surface area (Å²) in [6, 6.07) is 6.49. The molecule has 4 nitrogen and oxygen atoms in total. The van der Waals surface area contributed by atoms with Crippen LogP contribution in [0.4, 0.5) is 0 Å². The first-order valence-corrected chi connectivity index (χ1v) is 6.55. The standard InChI is InChI=1S/C14H22N4/c1-4-15-7-8-16-10-12-5-6-14-13(9-12)17-11(2)18(14)3/h5-6,9,15-16H,4,7-8,10H2,1-3H3. The van der Waals surface area contributed by atoms with Crippen molar-refractivity contribution >= 4 is 11.0 Å². The molecule has 0 saturated heterocycles. The Kier molecular flexibility index (Phi) is 4.33. The molecule has 1 aromatic carbocycles. The molecule has 1 heterocycles. The van der Waals surface area contributed by atoms with Crippen molar-refractivity contribution in [2.45, 2.75) is 20.4 Å². The number of rotatable bonds is 6. The second-order valence-electron chi connectivity index (χ2n) is 4.57. The number of benzene rings is 1. The zero-order valence-electron chi connectivity index (χ0n) is 11.5. The van der Waals surface area contributed by atoms with E-state index in [0.29, 0.717) is 0 Å². The highest BCUT2D eigenvalue weighted by Gasteiger charge is 2.04. The third-order valence-corrected chi connectivity index (χ3v) is 3.23. The smallest absolute Gasteiger partial charge is 0.106 e. The quantitative estimate of drug-likeness (QED) is 0.760. The van der Waals surface area contributed by atoms with Crippen LogP contribution >= 0.6 is 0 Å². The Balaban J connectivity index is 1.98. The molecular formula is C14H22N4. The fraction of sp³-hybridized carbons (Fsp3) is 0.500. The molecule has 2 aromatic rings. The lowest BCUT2D eigenvalue weighted by Gasteiger charge is -2.05. The Bertz CT molecular complexity index is 516. The number of aryl methyl sites for hydroxylation is 2. The SMILES string of the molecule is CCNCCNCc1ccc2c(c1)nc(C)n2C. The number of aromatic nitrogens is 2. The first-order chi connectivity index (χ1) is 8.72. The van der Waals surface area contributed by atoms with Gasteiger partial charge in [0.25, 0.3) is 0 Å². The van der Waals surface area contributed by atoms with Crippen LogP contribution < -0.4 is 10.6 Å². The Morgan fingerprint density at radius 2 is 2.00 bits per heavy atom. The van der Waals surface area contributed by atoms with Gasteiger partial charge in [-0.2, -0.15) is 0 Å². The van der Waals surface area contributed by atoms with Crippen molar-refractivity contribution in [3.05, 3.63) is 29.6 Å². The van der Waals surface area contributed by atoms with Crippen LogP contribution in [0.15, 0.2) is 18.2 Å². The number of likely N-dealkylation sites (N-methyl/N-ethyl adjacent to an activating group) is 1. The maximum atomic E-state index is 4.55. The first kappa shape index (κ1) is 13.1. The number of nitrogens with one attached hydrogen (secondary N) is 2. The van der Waals surface area contributed by atoms with Crippen molar-refractivity contribution in [3.63, 3.8) is 0 Å². The number of nitrogens with zero attached hydrogens (tertiary/aromatic N) is 2. The monoisotopic (exact) mass is 246 g/mol. The summed E-state index contributed by atoms with van der Waals surface area (Å²) in [4.78, 5) is 4.55. The van der Waals surface area contributed by atoms with E-state index in [1.165, 1.54) is 11.1 Å². The van der Waals surface area contributed by atoms with Crippen LogP contribution in [-0.4, -0.2) is 29.2 Å². The third-order valence-electron chi connectivity index (χ3n) is 3.23. The van der Waals surface area contributed by atoms with E-state index in [-0.39, 0.29) is 0 Å². The Labute approximate surface area is 108 Å². The topological polar surface area (TPSA) is 41.9 Å². The Morgan fingerprint density at radius 1 is 1.22 bits per heavy atom. The van der Waals surface area contributed by atoms with Gasteiger partial charge in [-0.1, -0.05) is 13.0 Å². The fourth-order valence-electron chi connectivity index (χ4n) is 2.06. The highest BCUT2D eigenvalue weighted by atomic mass is 15.0. The molecular weight excluding hydrogens is 224 g/mol. The zero-order valence-corrected chi connectivity index (χ0v) is 11.5. The summed E-state index contributed by atoms with van der Waals surface area (Å²) < 4.78 is 2.12. The van der Waals surface area contributed by atoms with Gasteiger partial charge < -0.3 is 15.2 Å². The summed E-state index contributed by atoms with van der Waals surface area (Å²) in [5.74, 6) is 1.06. The van der Waals surface area contributed by atoms with Gasteiger partial charge in [0, 0.05) is 26.7 Å². The molecule has 0 radical (unpaired) electrons. The minimum Gasteiger partial charge on any atom is -0.331 e. The van der Waals surface area contributed by atoms with Crippen molar-refractivity contribution in [1.29, 1.82) is 0 Å². The van der Waals surface area contributed by atoms with Gasteiger partial charge in [0.15, 0.2) is 0 Å². The number of fused-ring (bicyclic) bond motifs is 1. The molecule has 18 heavy (non-hydrogen) atoms. The molecule has 0 fully saturated rings. The molecule has 2 N–H and O–H groups in total. The normalized spacial score (nSPS) is 11.3. The maximum absolute atomic E-state index is 4.55. The van der Waals surface area contributed by atoms with Crippen molar-refractivity contribution in [2.24, 2.45) is 7.05 Å². The van der Waals surface area contributed by atoms with Gasteiger partial charge in [-0.3, -0.25) is 0 Å². The van der Waals surface area contributed by atoms with E-state index in [1.54, 1.807) is 0 Å². The number of imidazole rings is 1. The molecule has 0 aliphatic heterocycles. The lowest BCUT2D eigenvalue weighted by Crippen LogP contribution is -2.26. The second kappa shape index (κ2) is 5.98. The molecule has 0 aliphatic rings. The summed E-state index contributed by atoms with van der Waals surface area (Å²) in [7, 11) is 2.05. The predicted octanol–water partition coefficient (Wildman–Crippen LogP) is 1.58. The van der Waals surface area contributed by atoms with E-state index in [0.717, 1.165) is 37.5 Å². The van der Waals surface area contributed by atoms with Crippen LogP contribution in [0.5, 0.6) is 0 Å². The van der Waals surface area contributed by atoms with E-state index in [4.69, 9.17) is 0 Å². The molecule has 4 heteroatoms. The van der Waals surface area contributed by atoms with Crippen molar-refractivity contribution < 1.29 is 0 Å². The van der Waals surface area contributed by atoms with Gasteiger partial charge in [-0.05, 0) is 31.2 Å². The molecule has 2 rings (SSSR count). The summed E-state index contributed by atoms with van der Waals surface area (Å²) in [6.45, 7) is 8.10. The van der Waals surface area contributed by atoms with Crippen molar-refractivity contribution in [1.82, 2.24) is 20.2 Å². The van der Waals surface area contributed by atoms with Crippen LogP contribution in [0, 0.1) is 6.92 Å². The number of hydrogen-bond donors (Lipinski definition) is 2. The van der Waals surface area contributed by atoms with Gasteiger partial charge in [0.2, 0.25) is 0 Å². The lowest BCUT2D eigenvalue weighted by atomic mass is 10.2. The molecule has 0 bridgehead atoms. The Morgan fingerprint density at radius 3 is 2.78 bits per heavy atom. The van der Waals surface area contributed by atoms with Crippen LogP contribution in [0.25, 0.3) is 11.0 Å². The molecule has 98 valence electrons. The molecule has 1 aromatic heterocycles. The largest absolute Gasteiger partial charge is 0.331 e. The summed E-state index contributed by atoms with van der Waals surface area (Å²) in [6.07, 6.45) is 0. The van der Waals surface area contributed by atoms with Gasteiger partial charge in [0.05, 0.1) is 11.0 Å². The Hall–Kier alpha value is -1.39. The fourth-order valence-corrected chi connectivity index (χ4v) is 2.06. The summed E-state index contributed by atoms with van der Waals surface area (Å²) in [5.41, 5.74) is 3.57. The van der Waals surface area contributed by atoms with E-state index in [2.05, 4.69) is 52.4 Å². The minimum atomic E-state index is 0.900. The van der Waals surface area contributed by atoms with Crippen LogP contribution in [0.2, 0.25) is 0 Å². The van der Waals surface area contributed by atoms with Gasteiger partial charge in [0.1, 0.15) is 5.82 Å². The average molecular weight is 246 g/mol. The van der Waals surface area contributed by atoms with Crippen LogP contribution in [0.1, 0.15) is 18.3 Å². The number of hydrogen-bond acceptors (Lipinski definition) is 3. The maximum Gasteiger partial charge on any atom is 0.106 e. The van der Waals surface area contributed by atoms with Gasteiger partial charge in [-0.25, -0.2) is 4.98 Å². The van der Waals surface area contributed by atoms with Crippen LogP contribution in [0.3, 0.4) is 0 Å². The predicted molar refractivity (Wildman–Crippen MR) is 75.7 cm³/mol.